The number of carbonyl (C=O) groups excluding carboxylic acids is 2. The van der Waals surface area contributed by atoms with Crippen molar-refractivity contribution in [3.63, 3.8) is 0 Å². The van der Waals surface area contributed by atoms with Crippen molar-refractivity contribution in [1.29, 1.82) is 0 Å². The lowest BCUT2D eigenvalue weighted by molar-refractivity contribution is -0.132. The van der Waals surface area contributed by atoms with Crippen molar-refractivity contribution < 1.29 is 19.1 Å². The second-order valence-corrected chi connectivity index (χ2v) is 5.79. The predicted octanol–water partition coefficient (Wildman–Crippen LogP) is 3.06. The van der Waals surface area contributed by atoms with Gasteiger partial charge in [-0.3, -0.25) is 9.59 Å². The van der Waals surface area contributed by atoms with E-state index in [0.29, 0.717) is 22.9 Å². The Bertz CT molecular complexity index is 792. The highest BCUT2D eigenvalue weighted by molar-refractivity contribution is 9.10. The van der Waals surface area contributed by atoms with E-state index in [9.17, 15) is 9.59 Å². The third kappa shape index (κ3) is 3.45. The largest absolute Gasteiger partial charge is 0.454 e. The highest BCUT2D eigenvalue weighted by Crippen LogP contribution is 2.34. The molecule has 23 heavy (non-hydrogen) atoms. The lowest BCUT2D eigenvalue weighted by Crippen LogP contribution is -2.29. The molecule has 0 spiro atoms. The summed E-state index contributed by atoms with van der Waals surface area (Å²) in [5.74, 6) is -0.374. The summed E-state index contributed by atoms with van der Waals surface area (Å²) in [6.07, 6.45) is 0. The number of ether oxygens (including phenoxy) is 2. The summed E-state index contributed by atoms with van der Waals surface area (Å²) in [5.41, 5.74) is 2.03. The fraction of sp³-hybridized carbons (Fsp3) is 0.125. The molecule has 1 aliphatic heterocycles. The van der Waals surface area contributed by atoms with Crippen molar-refractivity contribution in [3.05, 3.63) is 46.4 Å². The van der Waals surface area contributed by atoms with Crippen molar-refractivity contribution in [3.8, 4) is 11.5 Å². The third-order valence-corrected chi connectivity index (χ3v) is 4.12. The van der Waals surface area contributed by atoms with Gasteiger partial charge in [0.15, 0.2) is 11.5 Å². The highest BCUT2D eigenvalue weighted by Gasteiger charge is 2.17. The highest BCUT2D eigenvalue weighted by atomic mass is 79.9. The van der Waals surface area contributed by atoms with Gasteiger partial charge < -0.3 is 20.1 Å². The maximum absolute atomic E-state index is 12.0. The number of carbonyl (C=O) groups is 2. The Labute approximate surface area is 140 Å². The fourth-order valence-corrected chi connectivity index (χ4v) is 2.40. The van der Waals surface area contributed by atoms with Crippen LogP contribution in [-0.4, -0.2) is 18.6 Å². The van der Waals surface area contributed by atoms with Gasteiger partial charge >= 0.3 is 11.8 Å². The standard InChI is InChI=1S/C16H13BrN2O4/c1-9-2-3-10(6-12(9)17)18-15(20)16(21)19-11-4-5-13-14(7-11)23-8-22-13/h2-7H,8H2,1H3,(H,18,20)(H,19,21). The van der Waals surface area contributed by atoms with Gasteiger partial charge in [0.1, 0.15) is 0 Å². The number of anilines is 2. The van der Waals surface area contributed by atoms with Crippen LogP contribution < -0.4 is 20.1 Å². The summed E-state index contributed by atoms with van der Waals surface area (Å²) in [5, 5.41) is 5.06. The molecule has 118 valence electrons. The zero-order chi connectivity index (χ0) is 16.4. The number of amides is 2. The van der Waals surface area contributed by atoms with Crippen LogP contribution in [0.2, 0.25) is 0 Å². The molecule has 0 radical (unpaired) electrons. The van der Waals surface area contributed by atoms with E-state index in [4.69, 9.17) is 9.47 Å². The summed E-state index contributed by atoms with van der Waals surface area (Å²) in [7, 11) is 0. The SMILES string of the molecule is Cc1ccc(NC(=O)C(=O)Nc2ccc3c(c2)OCO3)cc1Br. The molecule has 0 saturated carbocycles. The number of hydrogen-bond donors (Lipinski definition) is 2. The predicted molar refractivity (Wildman–Crippen MR) is 88.7 cm³/mol. The van der Waals surface area contributed by atoms with Gasteiger partial charge in [0.25, 0.3) is 0 Å². The maximum Gasteiger partial charge on any atom is 0.314 e. The van der Waals surface area contributed by atoms with E-state index in [1.807, 2.05) is 13.0 Å². The van der Waals surface area contributed by atoms with Gasteiger partial charge in [0.2, 0.25) is 6.79 Å². The quantitative estimate of drug-likeness (QED) is 0.789. The molecule has 7 heteroatoms. The Morgan fingerprint density at radius 3 is 2.26 bits per heavy atom. The van der Waals surface area contributed by atoms with Gasteiger partial charge in [-0.1, -0.05) is 22.0 Å². The Morgan fingerprint density at radius 1 is 0.957 bits per heavy atom. The molecule has 1 aliphatic rings. The molecule has 0 saturated heterocycles. The number of fused-ring (bicyclic) bond motifs is 1. The monoisotopic (exact) mass is 376 g/mol. The molecule has 2 amide bonds. The van der Waals surface area contributed by atoms with E-state index in [2.05, 4.69) is 26.6 Å². The van der Waals surface area contributed by atoms with Gasteiger partial charge in [-0.2, -0.15) is 0 Å². The number of nitrogens with one attached hydrogen (secondary N) is 2. The molecule has 3 rings (SSSR count). The first-order valence-corrected chi connectivity index (χ1v) is 7.60. The van der Waals surface area contributed by atoms with Crippen LogP contribution in [0.1, 0.15) is 5.56 Å². The van der Waals surface area contributed by atoms with E-state index in [-0.39, 0.29) is 6.79 Å². The maximum atomic E-state index is 12.0. The summed E-state index contributed by atoms with van der Waals surface area (Å²) in [6.45, 7) is 2.08. The number of hydrogen-bond acceptors (Lipinski definition) is 4. The van der Waals surface area contributed by atoms with Crippen molar-refractivity contribution in [2.75, 3.05) is 17.4 Å². The van der Waals surface area contributed by atoms with Crippen molar-refractivity contribution >= 4 is 39.1 Å². The van der Waals surface area contributed by atoms with Crippen LogP contribution in [-0.2, 0) is 9.59 Å². The fourth-order valence-electron chi connectivity index (χ4n) is 2.02. The number of rotatable bonds is 2. The lowest BCUT2D eigenvalue weighted by Gasteiger charge is -2.08. The summed E-state index contributed by atoms with van der Waals surface area (Å²) in [4.78, 5) is 23.9. The average Bonchev–Trinajstić information content (AvgIpc) is 2.98. The molecule has 2 N–H and O–H groups in total. The molecule has 0 aliphatic carbocycles. The topological polar surface area (TPSA) is 76.7 Å². The van der Waals surface area contributed by atoms with Crippen LogP contribution in [0.25, 0.3) is 0 Å². The van der Waals surface area contributed by atoms with Crippen LogP contribution in [0, 0.1) is 6.92 Å². The van der Waals surface area contributed by atoms with Gasteiger partial charge in [-0.25, -0.2) is 0 Å². The van der Waals surface area contributed by atoms with E-state index in [1.165, 1.54) is 0 Å². The number of aryl methyl sites for hydroxylation is 1. The van der Waals surface area contributed by atoms with Crippen LogP contribution in [0.4, 0.5) is 11.4 Å². The molecule has 6 nitrogen and oxygen atoms in total. The molecule has 0 aromatic heterocycles. The third-order valence-electron chi connectivity index (χ3n) is 3.27. The Hall–Kier alpha value is -2.54. The molecule has 0 fully saturated rings. The first-order valence-electron chi connectivity index (χ1n) is 6.81. The summed E-state index contributed by atoms with van der Waals surface area (Å²) >= 11 is 3.38. The van der Waals surface area contributed by atoms with Crippen LogP contribution >= 0.6 is 15.9 Å². The van der Waals surface area contributed by atoms with E-state index >= 15 is 0 Å². The molecule has 1 heterocycles. The van der Waals surface area contributed by atoms with Gasteiger partial charge in [0, 0.05) is 21.9 Å². The molecular weight excluding hydrogens is 364 g/mol. The molecule has 2 aromatic rings. The number of benzene rings is 2. The zero-order valence-electron chi connectivity index (χ0n) is 12.2. The van der Waals surface area contributed by atoms with Crippen molar-refractivity contribution in [2.45, 2.75) is 6.92 Å². The molecule has 2 aromatic carbocycles. The van der Waals surface area contributed by atoms with Crippen molar-refractivity contribution in [1.82, 2.24) is 0 Å². The molecule has 0 bridgehead atoms. The summed E-state index contributed by atoms with van der Waals surface area (Å²) < 4.78 is 11.3. The summed E-state index contributed by atoms with van der Waals surface area (Å²) in [6, 6.07) is 10.2. The molecular formula is C16H13BrN2O4. The Morgan fingerprint density at radius 2 is 1.57 bits per heavy atom. The second kappa shape index (κ2) is 6.29. The van der Waals surface area contributed by atoms with Crippen LogP contribution in [0.15, 0.2) is 40.9 Å². The normalized spacial score (nSPS) is 11.9. The zero-order valence-corrected chi connectivity index (χ0v) is 13.8. The van der Waals surface area contributed by atoms with E-state index in [0.717, 1.165) is 10.0 Å². The van der Waals surface area contributed by atoms with Gasteiger partial charge in [0.05, 0.1) is 0 Å². The van der Waals surface area contributed by atoms with Crippen LogP contribution in [0.5, 0.6) is 11.5 Å². The van der Waals surface area contributed by atoms with Crippen molar-refractivity contribution in [2.24, 2.45) is 0 Å². The van der Waals surface area contributed by atoms with Gasteiger partial charge in [-0.15, -0.1) is 0 Å². The van der Waals surface area contributed by atoms with Crippen LogP contribution in [0.3, 0.4) is 0 Å². The molecule has 0 unspecified atom stereocenters. The first kappa shape index (κ1) is 15.4. The number of halogens is 1. The smallest absolute Gasteiger partial charge is 0.314 e. The van der Waals surface area contributed by atoms with Gasteiger partial charge in [-0.05, 0) is 36.8 Å². The van der Waals surface area contributed by atoms with E-state index in [1.54, 1.807) is 30.3 Å². The average molecular weight is 377 g/mol. The minimum atomic E-state index is -0.763. The minimum absolute atomic E-state index is 0.148. The molecule has 0 atom stereocenters. The minimum Gasteiger partial charge on any atom is -0.454 e. The Balaban J connectivity index is 1.65. The second-order valence-electron chi connectivity index (χ2n) is 4.94. The lowest BCUT2D eigenvalue weighted by atomic mass is 10.2. The van der Waals surface area contributed by atoms with E-state index < -0.39 is 11.8 Å². The first-order chi connectivity index (χ1) is 11.0. The Kier molecular flexibility index (Phi) is 4.20.